The molecule has 1 aromatic heterocycles. The number of carboxylic acids is 1. The highest BCUT2D eigenvalue weighted by molar-refractivity contribution is 5.83. The van der Waals surface area contributed by atoms with Gasteiger partial charge in [0.05, 0.1) is 0 Å². The lowest BCUT2D eigenvalue weighted by atomic mass is 10.1. The molecule has 0 bridgehead atoms. The molecule has 0 spiro atoms. The molecule has 0 radical (unpaired) electrons. The molecule has 1 amide bonds. The Morgan fingerprint density at radius 3 is 2.60 bits per heavy atom. The van der Waals surface area contributed by atoms with Crippen LogP contribution >= 0.6 is 0 Å². The average molecular weight is 293 g/mol. The minimum absolute atomic E-state index is 0.244. The van der Waals surface area contributed by atoms with E-state index >= 15 is 0 Å². The SMILES string of the molecule is CCC[C@H](NC(=O)Cn1ccc(C(F)(F)F)n1)C(=O)O. The van der Waals surface area contributed by atoms with E-state index in [4.69, 9.17) is 5.11 Å². The molecule has 0 unspecified atom stereocenters. The molecule has 112 valence electrons. The second-order valence-electron chi connectivity index (χ2n) is 4.14. The number of aliphatic carboxylic acids is 1. The quantitative estimate of drug-likeness (QED) is 0.827. The number of hydrogen-bond acceptors (Lipinski definition) is 3. The molecule has 1 atom stereocenters. The van der Waals surface area contributed by atoms with Crippen LogP contribution < -0.4 is 5.32 Å². The largest absolute Gasteiger partial charge is 0.480 e. The van der Waals surface area contributed by atoms with E-state index in [1.807, 2.05) is 0 Å². The van der Waals surface area contributed by atoms with E-state index in [1.54, 1.807) is 6.92 Å². The average Bonchev–Trinajstić information content (AvgIpc) is 2.76. The number of rotatable bonds is 6. The first-order valence-corrected chi connectivity index (χ1v) is 5.87. The van der Waals surface area contributed by atoms with Crippen molar-refractivity contribution in [2.45, 2.75) is 38.5 Å². The second-order valence-corrected chi connectivity index (χ2v) is 4.14. The van der Waals surface area contributed by atoms with Gasteiger partial charge in [0.15, 0.2) is 5.69 Å². The van der Waals surface area contributed by atoms with E-state index in [2.05, 4.69) is 10.4 Å². The molecule has 0 aromatic carbocycles. The number of nitrogens with one attached hydrogen (secondary N) is 1. The minimum Gasteiger partial charge on any atom is -0.480 e. The normalized spacial score (nSPS) is 13.0. The molecule has 1 aromatic rings. The smallest absolute Gasteiger partial charge is 0.435 e. The predicted molar refractivity (Wildman–Crippen MR) is 61.7 cm³/mol. The fraction of sp³-hybridized carbons (Fsp3) is 0.545. The summed E-state index contributed by atoms with van der Waals surface area (Å²) in [5.74, 6) is -1.89. The van der Waals surface area contributed by atoms with E-state index in [0.29, 0.717) is 6.42 Å². The lowest BCUT2D eigenvalue weighted by molar-refractivity contribution is -0.142. The second kappa shape index (κ2) is 6.40. The summed E-state index contributed by atoms with van der Waals surface area (Å²) in [4.78, 5) is 22.4. The Morgan fingerprint density at radius 1 is 1.50 bits per heavy atom. The van der Waals surface area contributed by atoms with Gasteiger partial charge in [0.1, 0.15) is 12.6 Å². The number of hydrogen-bond donors (Lipinski definition) is 2. The Morgan fingerprint density at radius 2 is 2.15 bits per heavy atom. The summed E-state index contributed by atoms with van der Waals surface area (Å²) < 4.78 is 37.7. The molecule has 0 saturated carbocycles. The zero-order chi connectivity index (χ0) is 15.3. The van der Waals surface area contributed by atoms with Crippen LogP contribution in [0.1, 0.15) is 25.5 Å². The van der Waals surface area contributed by atoms with Crippen LogP contribution in [0.4, 0.5) is 13.2 Å². The molecule has 6 nitrogen and oxygen atoms in total. The first-order chi connectivity index (χ1) is 9.24. The molecule has 0 aliphatic heterocycles. The first kappa shape index (κ1) is 16.0. The van der Waals surface area contributed by atoms with Gasteiger partial charge in [-0.3, -0.25) is 9.48 Å². The van der Waals surface area contributed by atoms with E-state index in [1.165, 1.54) is 0 Å². The van der Waals surface area contributed by atoms with Crippen molar-refractivity contribution in [3.05, 3.63) is 18.0 Å². The van der Waals surface area contributed by atoms with Gasteiger partial charge in [-0.2, -0.15) is 18.3 Å². The molecule has 1 rings (SSSR count). The molecule has 9 heteroatoms. The van der Waals surface area contributed by atoms with Crippen molar-refractivity contribution in [1.82, 2.24) is 15.1 Å². The number of alkyl halides is 3. The summed E-state index contributed by atoms with van der Waals surface area (Å²) in [6, 6.07) is -0.307. The molecule has 2 N–H and O–H groups in total. The fourth-order valence-corrected chi connectivity index (χ4v) is 1.53. The Bertz CT molecular complexity index is 485. The van der Waals surface area contributed by atoms with Gasteiger partial charge in [-0.1, -0.05) is 13.3 Å². The van der Waals surface area contributed by atoms with E-state index in [9.17, 15) is 22.8 Å². The van der Waals surface area contributed by atoms with Gasteiger partial charge < -0.3 is 10.4 Å². The van der Waals surface area contributed by atoms with Crippen LogP contribution in [0, 0.1) is 0 Å². The molecule has 0 aliphatic rings. The third-order valence-electron chi connectivity index (χ3n) is 2.45. The Labute approximate surface area is 112 Å². The van der Waals surface area contributed by atoms with Crippen LogP contribution in [0.2, 0.25) is 0 Å². The highest BCUT2D eigenvalue weighted by Gasteiger charge is 2.33. The van der Waals surface area contributed by atoms with Crippen LogP contribution in [0.5, 0.6) is 0 Å². The number of nitrogens with zero attached hydrogens (tertiary/aromatic N) is 2. The monoisotopic (exact) mass is 293 g/mol. The zero-order valence-electron chi connectivity index (χ0n) is 10.6. The fourth-order valence-electron chi connectivity index (χ4n) is 1.53. The summed E-state index contributed by atoms with van der Waals surface area (Å²) in [5.41, 5.74) is -1.10. The molecular weight excluding hydrogens is 279 g/mol. The lowest BCUT2D eigenvalue weighted by Crippen LogP contribution is -2.42. The molecule has 20 heavy (non-hydrogen) atoms. The lowest BCUT2D eigenvalue weighted by Gasteiger charge is -2.13. The van der Waals surface area contributed by atoms with Crippen LogP contribution in [0.15, 0.2) is 12.3 Å². The first-order valence-electron chi connectivity index (χ1n) is 5.87. The van der Waals surface area contributed by atoms with Crippen LogP contribution in [-0.2, 0) is 22.3 Å². The number of carbonyl (C=O) groups excluding carboxylic acids is 1. The van der Waals surface area contributed by atoms with E-state index in [-0.39, 0.29) is 6.42 Å². The summed E-state index contributed by atoms with van der Waals surface area (Å²) in [7, 11) is 0. The molecule has 0 fully saturated rings. The summed E-state index contributed by atoms with van der Waals surface area (Å²) in [6.07, 6.45) is -2.77. The van der Waals surface area contributed by atoms with Crippen LogP contribution in [-0.4, -0.2) is 32.8 Å². The van der Waals surface area contributed by atoms with Crippen molar-refractivity contribution in [1.29, 1.82) is 0 Å². The van der Waals surface area contributed by atoms with Crippen LogP contribution in [0.3, 0.4) is 0 Å². The summed E-state index contributed by atoms with van der Waals surface area (Å²) >= 11 is 0. The van der Waals surface area contributed by atoms with Crippen molar-refractivity contribution in [3.8, 4) is 0 Å². The Hall–Kier alpha value is -2.06. The maximum atomic E-state index is 12.3. The number of aromatic nitrogens is 2. The minimum atomic E-state index is -4.58. The van der Waals surface area contributed by atoms with Gasteiger partial charge in [0.25, 0.3) is 0 Å². The Kier molecular flexibility index (Phi) is 5.12. The standard InChI is InChI=1S/C11H14F3N3O3/c1-2-3-7(10(19)20)15-9(18)6-17-5-4-8(16-17)11(12,13)14/h4-5,7H,2-3,6H2,1H3,(H,15,18)(H,19,20)/t7-/m0/s1. The summed E-state index contributed by atoms with van der Waals surface area (Å²) in [5, 5.41) is 14.3. The zero-order valence-corrected chi connectivity index (χ0v) is 10.6. The highest BCUT2D eigenvalue weighted by Crippen LogP contribution is 2.27. The van der Waals surface area contributed by atoms with Gasteiger partial charge in [0, 0.05) is 6.20 Å². The number of halogens is 3. The van der Waals surface area contributed by atoms with Crippen molar-refractivity contribution >= 4 is 11.9 Å². The third-order valence-corrected chi connectivity index (χ3v) is 2.45. The van der Waals surface area contributed by atoms with Crippen molar-refractivity contribution in [3.63, 3.8) is 0 Å². The predicted octanol–water partition coefficient (Wildman–Crippen LogP) is 1.27. The number of amides is 1. The van der Waals surface area contributed by atoms with Crippen LogP contribution in [0.25, 0.3) is 0 Å². The van der Waals surface area contributed by atoms with Crippen molar-refractivity contribution in [2.75, 3.05) is 0 Å². The third kappa shape index (κ3) is 4.56. The maximum Gasteiger partial charge on any atom is 0.435 e. The summed E-state index contributed by atoms with van der Waals surface area (Å²) in [6.45, 7) is 1.29. The van der Waals surface area contributed by atoms with Gasteiger partial charge in [-0.05, 0) is 12.5 Å². The molecule has 0 saturated heterocycles. The van der Waals surface area contributed by atoms with Gasteiger partial charge in [-0.25, -0.2) is 4.79 Å². The van der Waals surface area contributed by atoms with Crippen molar-refractivity contribution in [2.24, 2.45) is 0 Å². The van der Waals surface area contributed by atoms with Gasteiger partial charge >= 0.3 is 12.1 Å². The molecule has 1 heterocycles. The van der Waals surface area contributed by atoms with Gasteiger partial charge in [-0.15, -0.1) is 0 Å². The molecular formula is C11H14F3N3O3. The number of carboxylic acid groups (broad SMARTS) is 1. The topological polar surface area (TPSA) is 84.2 Å². The molecule has 0 aliphatic carbocycles. The van der Waals surface area contributed by atoms with E-state index in [0.717, 1.165) is 16.9 Å². The maximum absolute atomic E-state index is 12.3. The van der Waals surface area contributed by atoms with E-state index < -0.39 is 36.3 Å². The Balaban J connectivity index is 2.62. The van der Waals surface area contributed by atoms with Crippen molar-refractivity contribution < 1.29 is 27.9 Å². The number of carbonyl (C=O) groups is 2. The highest BCUT2D eigenvalue weighted by atomic mass is 19.4. The van der Waals surface area contributed by atoms with Gasteiger partial charge in [0.2, 0.25) is 5.91 Å².